The summed E-state index contributed by atoms with van der Waals surface area (Å²) in [6, 6.07) is 14.2. The first-order valence-electron chi connectivity index (χ1n) is 11.2. The van der Waals surface area contributed by atoms with Crippen molar-refractivity contribution in [3.05, 3.63) is 64.9 Å². The molecule has 1 aliphatic heterocycles. The number of amides is 2. The summed E-state index contributed by atoms with van der Waals surface area (Å²) in [6.45, 7) is 5.02. The molecule has 0 spiro atoms. The summed E-state index contributed by atoms with van der Waals surface area (Å²) in [5.41, 5.74) is 1.10. The average molecular weight is 516 g/mol. The van der Waals surface area contributed by atoms with Gasteiger partial charge in [-0.2, -0.15) is 0 Å². The second kappa shape index (κ2) is 12.1. The first kappa shape index (κ1) is 25.0. The first-order valence-corrected chi connectivity index (χ1v) is 12.6. The van der Waals surface area contributed by atoms with Crippen LogP contribution >= 0.6 is 23.4 Å². The van der Waals surface area contributed by atoms with Gasteiger partial charge in [-0.25, -0.2) is 0 Å². The summed E-state index contributed by atoms with van der Waals surface area (Å²) in [7, 11) is 0. The molecule has 1 fully saturated rings. The topological polar surface area (TPSA) is 98.6 Å². The van der Waals surface area contributed by atoms with Crippen LogP contribution in [0.15, 0.2) is 53.7 Å². The third kappa shape index (κ3) is 6.53. The number of carbonyl (C=O) groups is 2. The summed E-state index contributed by atoms with van der Waals surface area (Å²) in [6.07, 6.45) is 0. The molecule has 2 heterocycles. The molecule has 35 heavy (non-hydrogen) atoms. The van der Waals surface area contributed by atoms with E-state index in [-0.39, 0.29) is 24.2 Å². The molecule has 3 aromatic rings. The Hall–Kier alpha value is -3.08. The van der Waals surface area contributed by atoms with Crippen molar-refractivity contribution in [3.8, 4) is 5.75 Å². The molecule has 1 N–H and O–H groups in total. The van der Waals surface area contributed by atoms with Crippen LogP contribution in [0.4, 0.5) is 5.69 Å². The maximum atomic E-state index is 12.7. The molecule has 11 heteroatoms. The zero-order valence-corrected chi connectivity index (χ0v) is 20.8. The van der Waals surface area contributed by atoms with Crippen molar-refractivity contribution in [2.45, 2.75) is 25.2 Å². The fourth-order valence-electron chi connectivity index (χ4n) is 3.56. The highest BCUT2D eigenvalue weighted by Crippen LogP contribution is 2.25. The van der Waals surface area contributed by atoms with Gasteiger partial charge in [0.25, 0.3) is 5.91 Å². The van der Waals surface area contributed by atoms with Gasteiger partial charge in [0.1, 0.15) is 12.4 Å². The monoisotopic (exact) mass is 515 g/mol. The van der Waals surface area contributed by atoms with Crippen molar-refractivity contribution < 1.29 is 19.1 Å². The Morgan fingerprint density at radius 2 is 1.94 bits per heavy atom. The van der Waals surface area contributed by atoms with Crippen LogP contribution in [0.5, 0.6) is 5.75 Å². The summed E-state index contributed by atoms with van der Waals surface area (Å²) in [5, 5.41) is 12.4. The number of morpholine rings is 1. The normalized spacial score (nSPS) is 13.5. The summed E-state index contributed by atoms with van der Waals surface area (Å²) in [4.78, 5) is 27.0. The van der Waals surface area contributed by atoms with Crippen molar-refractivity contribution in [2.24, 2.45) is 0 Å². The van der Waals surface area contributed by atoms with Crippen molar-refractivity contribution in [1.82, 2.24) is 19.7 Å². The molecule has 2 amide bonds. The third-order valence-corrected chi connectivity index (χ3v) is 6.61. The number of thioether (sulfide) groups is 1. The minimum absolute atomic E-state index is 0.0682. The molecule has 0 atom stereocenters. The number of hydrogen-bond acceptors (Lipinski definition) is 7. The van der Waals surface area contributed by atoms with Gasteiger partial charge in [-0.3, -0.25) is 9.59 Å². The predicted molar refractivity (Wildman–Crippen MR) is 134 cm³/mol. The zero-order chi connectivity index (χ0) is 24.6. The molecule has 0 radical (unpaired) electrons. The fraction of sp³-hybridized carbons (Fsp3) is 0.333. The predicted octanol–water partition coefficient (Wildman–Crippen LogP) is 3.73. The Morgan fingerprint density at radius 3 is 2.71 bits per heavy atom. The van der Waals surface area contributed by atoms with E-state index in [1.165, 1.54) is 11.8 Å². The van der Waals surface area contributed by atoms with Crippen LogP contribution in [-0.4, -0.2) is 63.5 Å². The first-order chi connectivity index (χ1) is 17.0. The van der Waals surface area contributed by atoms with Crippen LogP contribution in [-0.2, 0) is 22.7 Å². The molecule has 2 aromatic carbocycles. The molecule has 1 aliphatic rings. The Labute approximate surface area is 212 Å². The lowest BCUT2D eigenvalue weighted by Gasteiger charge is -2.27. The minimum Gasteiger partial charge on any atom is -0.484 e. The number of rotatable bonds is 9. The van der Waals surface area contributed by atoms with Crippen molar-refractivity contribution in [1.29, 1.82) is 0 Å². The highest BCUT2D eigenvalue weighted by atomic mass is 35.5. The molecule has 9 nitrogen and oxygen atoms in total. The van der Waals surface area contributed by atoms with E-state index in [2.05, 4.69) is 15.5 Å². The SMILES string of the molecule is CCn1c(COc2ccccc2Cl)nnc1SCC(=O)Nc1cccc(C(=O)N2CCOCC2)c1. The van der Waals surface area contributed by atoms with Crippen LogP contribution in [0.3, 0.4) is 0 Å². The third-order valence-electron chi connectivity index (χ3n) is 5.33. The Morgan fingerprint density at radius 1 is 1.14 bits per heavy atom. The molecule has 0 aliphatic carbocycles. The molecular formula is C24H26ClN5O4S. The highest BCUT2D eigenvalue weighted by Gasteiger charge is 2.19. The van der Waals surface area contributed by atoms with E-state index in [0.717, 1.165) is 0 Å². The summed E-state index contributed by atoms with van der Waals surface area (Å²) >= 11 is 7.43. The van der Waals surface area contributed by atoms with Crippen LogP contribution in [0.1, 0.15) is 23.1 Å². The Kier molecular flexibility index (Phi) is 8.62. The highest BCUT2D eigenvalue weighted by molar-refractivity contribution is 7.99. The number of para-hydroxylation sites is 1. The van der Waals surface area contributed by atoms with Gasteiger partial charge in [-0.1, -0.05) is 41.6 Å². The lowest BCUT2D eigenvalue weighted by atomic mass is 10.1. The van der Waals surface area contributed by atoms with Gasteiger partial charge in [-0.15, -0.1) is 10.2 Å². The van der Waals surface area contributed by atoms with Crippen LogP contribution in [0, 0.1) is 0 Å². The molecule has 4 rings (SSSR count). The Bertz CT molecular complexity index is 1180. The fourth-order valence-corrected chi connectivity index (χ4v) is 4.57. The van der Waals surface area contributed by atoms with Gasteiger partial charge >= 0.3 is 0 Å². The number of aromatic nitrogens is 3. The standard InChI is InChI=1S/C24H26ClN5O4S/c1-2-30-21(15-34-20-9-4-3-8-19(20)25)27-28-24(30)35-16-22(31)26-18-7-5-6-17(14-18)23(32)29-10-12-33-13-11-29/h3-9,14H,2,10-13,15-16H2,1H3,(H,26,31). The van der Waals surface area contributed by atoms with Gasteiger partial charge in [0.2, 0.25) is 5.91 Å². The zero-order valence-electron chi connectivity index (χ0n) is 19.3. The number of nitrogens with zero attached hydrogens (tertiary/aromatic N) is 4. The maximum Gasteiger partial charge on any atom is 0.254 e. The minimum atomic E-state index is -0.203. The summed E-state index contributed by atoms with van der Waals surface area (Å²) in [5.74, 6) is 1.09. The maximum absolute atomic E-state index is 12.7. The van der Waals surface area contributed by atoms with E-state index < -0.39 is 0 Å². The van der Waals surface area contributed by atoms with Gasteiger partial charge in [0.05, 0.1) is 24.0 Å². The number of ether oxygens (including phenoxy) is 2. The van der Waals surface area contributed by atoms with Gasteiger partial charge in [0.15, 0.2) is 11.0 Å². The van der Waals surface area contributed by atoms with E-state index in [4.69, 9.17) is 21.1 Å². The van der Waals surface area contributed by atoms with E-state index in [1.807, 2.05) is 23.6 Å². The molecule has 0 bridgehead atoms. The second-order valence-corrected chi connectivity index (χ2v) is 9.03. The Balaban J connectivity index is 1.32. The lowest BCUT2D eigenvalue weighted by Crippen LogP contribution is -2.40. The number of benzene rings is 2. The number of halogens is 1. The van der Waals surface area contributed by atoms with Gasteiger partial charge < -0.3 is 24.3 Å². The van der Waals surface area contributed by atoms with E-state index in [1.54, 1.807) is 41.3 Å². The molecular weight excluding hydrogens is 490 g/mol. The largest absolute Gasteiger partial charge is 0.484 e. The average Bonchev–Trinajstić information content (AvgIpc) is 3.29. The van der Waals surface area contributed by atoms with Crippen molar-refractivity contribution in [3.63, 3.8) is 0 Å². The number of anilines is 1. The molecule has 1 aromatic heterocycles. The molecule has 0 unspecified atom stereocenters. The van der Waals surface area contributed by atoms with Crippen molar-refractivity contribution >= 4 is 40.9 Å². The smallest absolute Gasteiger partial charge is 0.254 e. The van der Waals surface area contributed by atoms with E-state index in [0.29, 0.717) is 65.9 Å². The lowest BCUT2D eigenvalue weighted by molar-refractivity contribution is -0.113. The number of nitrogens with one attached hydrogen (secondary N) is 1. The quantitative estimate of drug-likeness (QED) is 0.433. The van der Waals surface area contributed by atoms with Gasteiger partial charge in [-0.05, 0) is 37.3 Å². The van der Waals surface area contributed by atoms with Crippen LogP contribution in [0.2, 0.25) is 5.02 Å². The van der Waals surface area contributed by atoms with E-state index in [9.17, 15) is 9.59 Å². The molecule has 0 saturated carbocycles. The van der Waals surface area contributed by atoms with Crippen LogP contribution in [0.25, 0.3) is 0 Å². The van der Waals surface area contributed by atoms with Crippen LogP contribution < -0.4 is 10.1 Å². The molecule has 184 valence electrons. The summed E-state index contributed by atoms with van der Waals surface area (Å²) < 4.78 is 13.0. The van der Waals surface area contributed by atoms with E-state index >= 15 is 0 Å². The number of hydrogen-bond donors (Lipinski definition) is 1. The second-order valence-electron chi connectivity index (χ2n) is 7.68. The molecule has 1 saturated heterocycles. The number of carbonyl (C=O) groups excluding carboxylic acids is 2. The van der Waals surface area contributed by atoms with Crippen molar-refractivity contribution in [2.75, 3.05) is 37.4 Å². The van der Waals surface area contributed by atoms with Gasteiger partial charge in [0, 0.05) is 30.9 Å².